The molecule has 2 aliphatic heterocycles. The van der Waals surface area contributed by atoms with Gasteiger partial charge in [0.2, 0.25) is 0 Å². The Kier molecular flexibility index (Phi) is 21.5. The molecule has 8 bridgehead atoms. The van der Waals surface area contributed by atoms with E-state index in [-0.39, 0.29) is 136 Å². The number of ether oxygens (including phenoxy) is 8. The van der Waals surface area contributed by atoms with Gasteiger partial charge in [-0.3, -0.25) is 0 Å². The number of aliphatic hydroxyl groups is 16. The number of aliphatic hydroxyl groups excluding tert-OH is 16. The maximum Gasteiger partial charge on any atom is 0.164 e. The van der Waals surface area contributed by atoms with Gasteiger partial charge in [-0.15, -0.1) is 0 Å². The topological polar surface area (TPSA) is 506 Å². The number of aromatic nitrogens is 8. The summed E-state index contributed by atoms with van der Waals surface area (Å²) in [6.45, 7) is -9.19. The lowest BCUT2D eigenvalue weighted by Gasteiger charge is -2.17. The van der Waals surface area contributed by atoms with Crippen molar-refractivity contribution >= 4 is 44.1 Å². The molecule has 0 aliphatic carbocycles. The second kappa shape index (κ2) is 29.3. The number of nitrogens with zero attached hydrogens (tertiary/aromatic N) is 6. The Morgan fingerprint density at radius 3 is 0.568 bits per heavy atom. The average molecular weight is 1240 g/mol. The summed E-state index contributed by atoms with van der Waals surface area (Å²) in [4.78, 5) is 36.4. The smallest absolute Gasteiger partial charge is 0.164 e. The molecule has 4 aromatic carbocycles. The maximum absolute atomic E-state index is 10.4. The lowest BCUT2D eigenvalue weighted by molar-refractivity contribution is 0.0448. The predicted molar refractivity (Wildman–Crippen MR) is 305 cm³/mol. The molecule has 474 valence electrons. The summed E-state index contributed by atoms with van der Waals surface area (Å²) >= 11 is 0. The average Bonchev–Trinajstić information content (AvgIpc) is 4.43. The number of aromatic amines is 2. The van der Waals surface area contributed by atoms with E-state index in [9.17, 15) is 81.7 Å². The normalized spacial score (nSPS) is 14.7. The van der Waals surface area contributed by atoms with Crippen molar-refractivity contribution in [2.24, 2.45) is 0 Å². The van der Waals surface area contributed by atoms with Crippen molar-refractivity contribution in [1.29, 1.82) is 0 Å². The van der Waals surface area contributed by atoms with Crippen molar-refractivity contribution in [2.45, 2.75) is 48.8 Å². The molecule has 32 nitrogen and oxygen atoms in total. The van der Waals surface area contributed by atoms with Crippen LogP contribution in [0.1, 0.15) is 0 Å². The van der Waals surface area contributed by atoms with E-state index in [1.807, 2.05) is 0 Å². The van der Waals surface area contributed by atoms with Crippen LogP contribution in [0.5, 0.6) is 46.0 Å². The molecule has 18 N–H and O–H groups in total. The number of fused-ring (bicyclic) bond motifs is 20. The van der Waals surface area contributed by atoms with Crippen molar-refractivity contribution in [1.82, 2.24) is 39.9 Å². The van der Waals surface area contributed by atoms with Crippen molar-refractivity contribution in [3.05, 3.63) is 48.5 Å². The zero-order chi connectivity index (χ0) is 62.8. The Labute approximate surface area is 496 Å². The van der Waals surface area contributed by atoms with E-state index in [0.29, 0.717) is 0 Å². The van der Waals surface area contributed by atoms with E-state index in [1.54, 1.807) is 0 Å². The Morgan fingerprint density at radius 2 is 0.409 bits per heavy atom. The van der Waals surface area contributed by atoms with Crippen molar-refractivity contribution in [3.63, 3.8) is 0 Å². The first kappa shape index (κ1) is 64.5. The lowest BCUT2D eigenvalue weighted by Crippen LogP contribution is -2.23. The predicted octanol–water partition coefficient (Wildman–Crippen LogP) is -3.27. The molecule has 5 heterocycles. The number of hydrogen-bond donors (Lipinski definition) is 18. The molecule has 0 fully saturated rings. The summed E-state index contributed by atoms with van der Waals surface area (Å²) in [6, 6.07) is 11.6. The van der Waals surface area contributed by atoms with Crippen LogP contribution in [-0.4, -0.2) is 276 Å². The first-order chi connectivity index (χ1) is 42.5. The van der Waals surface area contributed by atoms with Crippen LogP contribution in [0.2, 0.25) is 0 Å². The van der Waals surface area contributed by atoms with Crippen molar-refractivity contribution in [3.8, 4) is 91.5 Å². The van der Waals surface area contributed by atoms with Gasteiger partial charge in [0.1, 0.15) is 124 Å². The van der Waals surface area contributed by atoms with Gasteiger partial charge in [-0.05, 0) is 48.5 Å². The van der Waals surface area contributed by atoms with E-state index >= 15 is 0 Å². The molecule has 0 spiro atoms. The summed E-state index contributed by atoms with van der Waals surface area (Å²) in [6.07, 6.45) is -11.0. The highest BCUT2D eigenvalue weighted by Crippen LogP contribution is 2.46. The van der Waals surface area contributed by atoms with E-state index in [0.717, 1.165) is 0 Å². The Morgan fingerprint density at radius 1 is 0.250 bits per heavy atom. The van der Waals surface area contributed by atoms with Gasteiger partial charge in [-0.25, -0.2) is 29.9 Å². The van der Waals surface area contributed by atoms with Crippen LogP contribution in [0.15, 0.2) is 48.5 Å². The molecule has 8 atom stereocenters. The molecular weight excluding hydrogens is 1170 g/mol. The van der Waals surface area contributed by atoms with E-state index in [1.165, 1.54) is 48.5 Å². The molecule has 32 heteroatoms. The molecule has 9 rings (SSSR count). The van der Waals surface area contributed by atoms with E-state index in [4.69, 9.17) is 67.8 Å². The third-order valence-corrected chi connectivity index (χ3v) is 13.2. The highest BCUT2D eigenvalue weighted by molar-refractivity contribution is 6.08. The van der Waals surface area contributed by atoms with E-state index in [2.05, 4.69) is 9.97 Å². The third-order valence-electron chi connectivity index (χ3n) is 13.2. The molecule has 2 aliphatic rings. The van der Waals surface area contributed by atoms with Crippen LogP contribution in [0, 0.1) is 0 Å². The Bertz CT molecular complexity index is 3260. The highest BCUT2D eigenvalue weighted by Gasteiger charge is 2.29. The zero-order valence-electron chi connectivity index (χ0n) is 46.7. The quantitative estimate of drug-likeness (QED) is 0.0197. The minimum absolute atomic E-state index is 0.00471. The Hall–Kier alpha value is -8.00. The third kappa shape index (κ3) is 14.9. The van der Waals surface area contributed by atoms with Gasteiger partial charge >= 0.3 is 0 Å². The van der Waals surface area contributed by atoms with E-state index < -0.39 is 155 Å². The highest BCUT2D eigenvalue weighted by atomic mass is 16.6. The second-order valence-electron chi connectivity index (χ2n) is 20.2. The number of nitrogens with one attached hydrogen (secondary N) is 2. The fourth-order valence-corrected chi connectivity index (χ4v) is 8.63. The fourth-order valence-electron chi connectivity index (χ4n) is 8.63. The SMILES string of the molecule is OCC(O)COc1cc2c(cc1OCC(O)CO)-c1nc-2nc2[nH]c(nc3nc(nc4[nH]c(n1)c1cc(OCC(O)CO)c(OCC(O)CO)cc41)-c1cc(OCC(O)CO)c(OCC(O)CO)cc1-3)c1cc(OCC(O)CO)c(OCC(O)CO)cc21. The Balaban J connectivity index is 1.44. The van der Waals surface area contributed by atoms with Gasteiger partial charge in [0.15, 0.2) is 69.3 Å². The van der Waals surface area contributed by atoms with Crippen LogP contribution in [0.3, 0.4) is 0 Å². The molecule has 7 aromatic rings. The summed E-state index contributed by atoms with van der Waals surface area (Å²) in [5.74, 6) is -0.769. The van der Waals surface area contributed by atoms with Crippen LogP contribution >= 0.6 is 0 Å². The van der Waals surface area contributed by atoms with Gasteiger partial charge in [0.05, 0.1) is 52.9 Å². The summed E-state index contributed by atoms with van der Waals surface area (Å²) in [5, 5.41) is 162. The lowest BCUT2D eigenvalue weighted by atomic mass is 10.1. The summed E-state index contributed by atoms with van der Waals surface area (Å²) in [7, 11) is 0. The van der Waals surface area contributed by atoms with Gasteiger partial charge in [0.25, 0.3) is 0 Å². The van der Waals surface area contributed by atoms with Gasteiger partial charge in [-0.1, -0.05) is 0 Å². The number of H-pyrrole nitrogens is 2. The van der Waals surface area contributed by atoms with Crippen LogP contribution in [-0.2, 0) is 0 Å². The molecule has 0 amide bonds. The molecule has 88 heavy (non-hydrogen) atoms. The minimum Gasteiger partial charge on any atom is -0.487 e. The van der Waals surface area contributed by atoms with Crippen molar-refractivity contribution < 1.29 is 120 Å². The van der Waals surface area contributed by atoms with Gasteiger partial charge in [-0.2, -0.15) is 0 Å². The molecule has 0 saturated heterocycles. The molecule has 8 unspecified atom stereocenters. The minimum atomic E-state index is -1.37. The van der Waals surface area contributed by atoms with Gasteiger partial charge < -0.3 is 130 Å². The molecule has 3 aromatic heterocycles. The monoisotopic (exact) mass is 1230 g/mol. The molecular formula is C56H66N8O24. The second-order valence-corrected chi connectivity index (χ2v) is 20.2. The van der Waals surface area contributed by atoms with Gasteiger partial charge in [0, 0.05) is 43.8 Å². The largest absolute Gasteiger partial charge is 0.487 e. The van der Waals surface area contributed by atoms with Crippen LogP contribution in [0.25, 0.3) is 89.7 Å². The first-order valence-electron chi connectivity index (χ1n) is 27.4. The number of benzene rings is 4. The number of rotatable bonds is 32. The summed E-state index contributed by atoms with van der Waals surface area (Å²) in [5.41, 5.74) is 0.817. The fraction of sp³-hybridized carbons (Fsp3) is 0.429. The van der Waals surface area contributed by atoms with Crippen LogP contribution in [0.4, 0.5) is 0 Å². The number of hydrogen-bond acceptors (Lipinski definition) is 30. The maximum atomic E-state index is 10.4. The molecule has 0 radical (unpaired) electrons. The van der Waals surface area contributed by atoms with Crippen LogP contribution < -0.4 is 37.9 Å². The van der Waals surface area contributed by atoms with Crippen molar-refractivity contribution in [2.75, 3.05) is 106 Å². The first-order valence-corrected chi connectivity index (χ1v) is 27.4. The zero-order valence-corrected chi connectivity index (χ0v) is 46.7. The molecule has 0 saturated carbocycles. The standard InChI is InChI=1S/C56H66N8O24/c65-9-25(73)17-81-41-1-33-34(2-42(41)82-18-26(74)10-66)50-57-49(33)61-51-35-3-43(83-19-27(75)11-67)44(84-20-28(76)12-68)4-36(35)53(58-51)63-55-39-7-47(87-23-31(79)15-71)48(88-24-32(80)16-72)8-40(39)56(60-55)64-54-38-6-46(86-22-30(78)14-70)45(85-21-29(77)13-69)5-37(38)52(59-54)62-50/h1-8,25-32,65-80H,9-24H2,(H2,57,58,59,60,61,62,63,64). The summed E-state index contributed by atoms with van der Waals surface area (Å²) < 4.78 is 47.8.